The van der Waals surface area contributed by atoms with Gasteiger partial charge in [-0.2, -0.15) is 0 Å². The van der Waals surface area contributed by atoms with Gasteiger partial charge >= 0.3 is 0 Å². The summed E-state index contributed by atoms with van der Waals surface area (Å²) >= 11 is 0. The highest BCUT2D eigenvalue weighted by molar-refractivity contribution is 7.01. The number of fused-ring (bicyclic) bond motifs is 1. The van der Waals surface area contributed by atoms with Crippen molar-refractivity contribution in [2.24, 2.45) is 0 Å². The lowest BCUT2D eigenvalue weighted by molar-refractivity contribution is 1.30. The van der Waals surface area contributed by atoms with E-state index in [-0.39, 0.29) is 0 Å². The molecule has 0 bridgehead atoms. The molecule has 0 unspecified atom stereocenters. The number of para-hydroxylation sites is 2. The molecular formula is C22H20N2Si. The molecule has 0 atom stereocenters. The number of rotatable bonds is 3. The van der Waals surface area contributed by atoms with Crippen molar-refractivity contribution < 1.29 is 0 Å². The van der Waals surface area contributed by atoms with Gasteiger partial charge in [-0.05, 0) is 17.3 Å². The minimum absolute atomic E-state index is 0.934. The van der Waals surface area contributed by atoms with Crippen molar-refractivity contribution in [2.75, 3.05) is 0 Å². The van der Waals surface area contributed by atoms with E-state index in [0.29, 0.717) is 0 Å². The topological polar surface area (TPSA) is 25.8 Å². The van der Waals surface area contributed by atoms with E-state index in [9.17, 15) is 0 Å². The molecule has 1 aromatic heterocycles. The summed E-state index contributed by atoms with van der Waals surface area (Å²) in [6, 6.07) is 27.5. The van der Waals surface area contributed by atoms with Gasteiger partial charge < -0.3 is 0 Å². The van der Waals surface area contributed by atoms with E-state index < -0.39 is 8.07 Å². The standard InChI is InChI=1S/C22H20N2Si/c1-25(2,17-10-4-3-5-11-17)22-15-9-6-12-18(22)21-16-23-19-13-7-8-14-20(19)24-21/h3-16H,1-2H3. The lowest BCUT2D eigenvalue weighted by atomic mass is 10.1. The predicted octanol–water partition coefficient (Wildman–Crippen LogP) is 4.12. The molecule has 0 radical (unpaired) electrons. The van der Waals surface area contributed by atoms with Gasteiger partial charge in [0.1, 0.15) is 8.07 Å². The molecule has 0 saturated heterocycles. The van der Waals surface area contributed by atoms with Gasteiger partial charge in [0, 0.05) is 5.56 Å². The first-order chi connectivity index (χ1) is 12.2. The molecule has 2 nitrogen and oxygen atoms in total. The van der Waals surface area contributed by atoms with E-state index in [0.717, 1.165) is 16.7 Å². The summed E-state index contributed by atoms with van der Waals surface area (Å²) in [5, 5.41) is 2.82. The smallest absolute Gasteiger partial charge is 0.113 e. The zero-order valence-corrected chi connectivity index (χ0v) is 15.5. The van der Waals surface area contributed by atoms with Crippen LogP contribution in [0, 0.1) is 0 Å². The lowest BCUT2D eigenvalue weighted by Gasteiger charge is -2.26. The normalized spacial score (nSPS) is 11.6. The second-order valence-corrected chi connectivity index (χ2v) is 11.1. The minimum atomic E-state index is -1.82. The summed E-state index contributed by atoms with van der Waals surface area (Å²) in [4.78, 5) is 9.48. The largest absolute Gasteiger partial charge is 0.252 e. The van der Waals surface area contributed by atoms with Crippen molar-refractivity contribution in [3.05, 3.63) is 85.1 Å². The summed E-state index contributed by atoms with van der Waals surface area (Å²) in [6.07, 6.45) is 1.90. The molecule has 3 heteroatoms. The molecule has 25 heavy (non-hydrogen) atoms. The zero-order chi connectivity index (χ0) is 17.3. The van der Waals surface area contributed by atoms with Crippen LogP contribution in [0.25, 0.3) is 22.3 Å². The molecule has 0 aliphatic heterocycles. The van der Waals surface area contributed by atoms with Crippen LogP contribution >= 0.6 is 0 Å². The van der Waals surface area contributed by atoms with Crippen LogP contribution in [-0.2, 0) is 0 Å². The molecule has 4 aromatic rings. The van der Waals surface area contributed by atoms with E-state index in [4.69, 9.17) is 4.98 Å². The fourth-order valence-electron chi connectivity index (χ4n) is 3.35. The molecule has 0 aliphatic carbocycles. The fraction of sp³-hybridized carbons (Fsp3) is 0.0909. The number of hydrogen-bond acceptors (Lipinski definition) is 2. The quantitative estimate of drug-likeness (QED) is 0.524. The van der Waals surface area contributed by atoms with Gasteiger partial charge in [-0.1, -0.05) is 85.0 Å². The van der Waals surface area contributed by atoms with E-state index in [2.05, 4.69) is 72.7 Å². The van der Waals surface area contributed by atoms with Gasteiger partial charge in [0.05, 0.1) is 22.9 Å². The second kappa shape index (κ2) is 6.26. The van der Waals surface area contributed by atoms with E-state index in [1.165, 1.54) is 15.9 Å². The Balaban J connectivity index is 1.89. The fourth-order valence-corrected chi connectivity index (χ4v) is 6.08. The van der Waals surface area contributed by atoms with Crippen LogP contribution in [-0.4, -0.2) is 18.0 Å². The summed E-state index contributed by atoms with van der Waals surface area (Å²) < 4.78 is 0. The Hall–Kier alpha value is -2.78. The maximum absolute atomic E-state index is 4.87. The summed E-state index contributed by atoms with van der Waals surface area (Å²) in [6.45, 7) is 4.80. The maximum Gasteiger partial charge on any atom is 0.113 e. The third-order valence-corrected chi connectivity index (χ3v) is 8.38. The Bertz CT molecular complexity index is 1030. The number of benzene rings is 3. The first kappa shape index (κ1) is 15.7. The third kappa shape index (κ3) is 2.87. The molecular weight excluding hydrogens is 320 g/mol. The van der Waals surface area contributed by atoms with Crippen molar-refractivity contribution in [1.82, 2.24) is 9.97 Å². The van der Waals surface area contributed by atoms with E-state index in [1.54, 1.807) is 0 Å². The van der Waals surface area contributed by atoms with Crippen LogP contribution in [0.3, 0.4) is 0 Å². The van der Waals surface area contributed by atoms with Crippen molar-refractivity contribution in [3.8, 4) is 11.3 Å². The monoisotopic (exact) mass is 340 g/mol. The second-order valence-electron chi connectivity index (χ2n) is 6.78. The van der Waals surface area contributed by atoms with Gasteiger partial charge in [-0.25, -0.2) is 4.98 Å². The highest BCUT2D eigenvalue weighted by atomic mass is 28.3. The molecule has 0 amide bonds. The molecule has 0 saturated carbocycles. The zero-order valence-electron chi connectivity index (χ0n) is 14.5. The molecule has 4 rings (SSSR count). The summed E-state index contributed by atoms with van der Waals surface area (Å²) in [5.41, 5.74) is 4.02. The van der Waals surface area contributed by atoms with Gasteiger partial charge in [0.2, 0.25) is 0 Å². The molecule has 122 valence electrons. The Morgan fingerprint density at radius 2 is 1.32 bits per heavy atom. The minimum Gasteiger partial charge on any atom is -0.252 e. The number of aromatic nitrogens is 2. The Morgan fingerprint density at radius 3 is 2.12 bits per heavy atom. The first-order valence-electron chi connectivity index (χ1n) is 8.53. The van der Waals surface area contributed by atoms with Gasteiger partial charge in [-0.3, -0.25) is 4.98 Å². The van der Waals surface area contributed by atoms with Crippen molar-refractivity contribution in [3.63, 3.8) is 0 Å². The SMILES string of the molecule is C[Si](C)(c1ccccc1)c1ccccc1-c1cnc2ccccc2n1. The lowest BCUT2D eigenvalue weighted by Crippen LogP contribution is -2.53. The third-order valence-electron chi connectivity index (χ3n) is 4.82. The molecule has 0 fully saturated rings. The Kier molecular flexibility index (Phi) is 3.94. The van der Waals surface area contributed by atoms with Crippen LogP contribution in [0.5, 0.6) is 0 Å². The number of nitrogens with zero attached hydrogens (tertiary/aromatic N) is 2. The Morgan fingerprint density at radius 1 is 0.680 bits per heavy atom. The summed E-state index contributed by atoms with van der Waals surface area (Å²) in [7, 11) is -1.82. The van der Waals surface area contributed by atoms with Crippen molar-refractivity contribution >= 4 is 29.5 Å². The van der Waals surface area contributed by atoms with Crippen LogP contribution in [0.2, 0.25) is 13.1 Å². The number of hydrogen-bond donors (Lipinski definition) is 0. The van der Waals surface area contributed by atoms with Crippen molar-refractivity contribution in [2.45, 2.75) is 13.1 Å². The summed E-state index contributed by atoms with van der Waals surface area (Å²) in [5.74, 6) is 0. The molecule has 0 aliphatic rings. The average molecular weight is 341 g/mol. The average Bonchev–Trinajstić information content (AvgIpc) is 2.68. The van der Waals surface area contributed by atoms with Gasteiger partial charge in [0.15, 0.2) is 0 Å². The van der Waals surface area contributed by atoms with Crippen LogP contribution in [0.4, 0.5) is 0 Å². The van der Waals surface area contributed by atoms with Gasteiger partial charge in [-0.15, -0.1) is 0 Å². The molecule has 1 heterocycles. The predicted molar refractivity (Wildman–Crippen MR) is 108 cm³/mol. The maximum atomic E-state index is 4.87. The molecule has 3 aromatic carbocycles. The highest BCUT2D eigenvalue weighted by Crippen LogP contribution is 2.20. The molecule has 0 spiro atoms. The van der Waals surface area contributed by atoms with Crippen LogP contribution < -0.4 is 10.4 Å². The molecule has 0 N–H and O–H groups in total. The first-order valence-corrected chi connectivity index (χ1v) is 11.5. The van der Waals surface area contributed by atoms with E-state index in [1.807, 2.05) is 30.5 Å². The van der Waals surface area contributed by atoms with Crippen LogP contribution in [0.15, 0.2) is 85.1 Å². The van der Waals surface area contributed by atoms with Crippen molar-refractivity contribution in [1.29, 1.82) is 0 Å². The Labute approximate surface area is 149 Å². The van der Waals surface area contributed by atoms with Crippen LogP contribution in [0.1, 0.15) is 0 Å². The van der Waals surface area contributed by atoms with Gasteiger partial charge in [0.25, 0.3) is 0 Å². The highest BCUT2D eigenvalue weighted by Gasteiger charge is 2.28. The van der Waals surface area contributed by atoms with E-state index >= 15 is 0 Å².